The highest BCUT2D eigenvalue weighted by Gasteiger charge is 2.21. The molecular weight excluding hydrogens is 332 g/mol. The summed E-state index contributed by atoms with van der Waals surface area (Å²) in [4.78, 5) is 24.7. The first-order valence-electron chi connectivity index (χ1n) is 6.84. The number of nitrogens with one attached hydrogen (secondary N) is 1. The van der Waals surface area contributed by atoms with Crippen LogP contribution in [0.5, 0.6) is 0 Å². The van der Waals surface area contributed by atoms with Gasteiger partial charge in [-0.2, -0.15) is 5.26 Å². The van der Waals surface area contributed by atoms with Crippen molar-refractivity contribution in [2.75, 3.05) is 0 Å². The first-order chi connectivity index (χ1) is 11.4. The molecule has 0 atom stereocenters. The van der Waals surface area contributed by atoms with Gasteiger partial charge in [0.15, 0.2) is 0 Å². The molecule has 8 heteroatoms. The summed E-state index contributed by atoms with van der Waals surface area (Å²) in [5.74, 6) is 0. The van der Waals surface area contributed by atoms with E-state index in [1.165, 1.54) is 14.1 Å². The lowest BCUT2D eigenvalue weighted by molar-refractivity contribution is 0.495. The SMILES string of the molecule is Cn1c(=O)c2c(-c3ccc(Cl)cc3)c(C#N)c(=N)oc2n(C)c1=O. The molecule has 0 aliphatic heterocycles. The van der Waals surface area contributed by atoms with E-state index < -0.39 is 16.8 Å². The van der Waals surface area contributed by atoms with Crippen molar-refractivity contribution in [2.45, 2.75) is 0 Å². The lowest BCUT2D eigenvalue weighted by atomic mass is 9.99. The molecule has 0 bridgehead atoms. The summed E-state index contributed by atoms with van der Waals surface area (Å²) in [6, 6.07) is 8.41. The van der Waals surface area contributed by atoms with Crippen LogP contribution < -0.4 is 16.8 Å². The molecule has 2 aromatic heterocycles. The molecule has 0 saturated heterocycles. The molecule has 2 heterocycles. The summed E-state index contributed by atoms with van der Waals surface area (Å²) < 4.78 is 7.35. The summed E-state index contributed by atoms with van der Waals surface area (Å²) in [7, 11) is 2.78. The van der Waals surface area contributed by atoms with Crippen molar-refractivity contribution < 1.29 is 4.42 Å². The number of rotatable bonds is 1. The maximum atomic E-state index is 12.6. The summed E-state index contributed by atoms with van der Waals surface area (Å²) in [5, 5.41) is 17.9. The molecule has 24 heavy (non-hydrogen) atoms. The second-order valence-corrected chi connectivity index (χ2v) is 5.62. The number of aromatic nitrogens is 2. The Kier molecular flexibility index (Phi) is 3.62. The van der Waals surface area contributed by atoms with Crippen LogP contribution >= 0.6 is 11.6 Å². The maximum absolute atomic E-state index is 12.6. The van der Waals surface area contributed by atoms with Gasteiger partial charge in [0, 0.05) is 24.7 Å². The Morgan fingerprint density at radius 2 is 1.79 bits per heavy atom. The largest absolute Gasteiger partial charge is 0.421 e. The Balaban J connectivity index is 2.68. The van der Waals surface area contributed by atoms with Crippen LogP contribution in [0.2, 0.25) is 5.02 Å². The highest BCUT2D eigenvalue weighted by atomic mass is 35.5. The molecule has 3 aromatic rings. The number of fused-ring (bicyclic) bond motifs is 1. The Labute approximate surface area is 140 Å². The van der Waals surface area contributed by atoms with Crippen LogP contribution in [0.3, 0.4) is 0 Å². The topological polar surface area (TPSA) is 105 Å². The van der Waals surface area contributed by atoms with E-state index in [0.29, 0.717) is 10.6 Å². The Morgan fingerprint density at radius 3 is 2.38 bits per heavy atom. The first kappa shape index (κ1) is 15.8. The summed E-state index contributed by atoms with van der Waals surface area (Å²) in [6.45, 7) is 0. The van der Waals surface area contributed by atoms with Crippen molar-refractivity contribution >= 4 is 22.7 Å². The quantitative estimate of drug-likeness (QED) is 0.723. The Morgan fingerprint density at radius 1 is 1.17 bits per heavy atom. The molecule has 0 aliphatic carbocycles. The standard InChI is InChI=1S/C16H11ClN4O3/c1-20-14(22)12-11(8-3-5-9(17)6-4-8)10(7-18)13(19)24-15(12)21(2)16(20)23/h3-6,19H,1-2H3. The van der Waals surface area contributed by atoms with E-state index in [2.05, 4.69) is 0 Å². The molecule has 0 amide bonds. The molecule has 7 nitrogen and oxygen atoms in total. The number of halogens is 1. The summed E-state index contributed by atoms with van der Waals surface area (Å²) >= 11 is 5.89. The van der Waals surface area contributed by atoms with E-state index in [-0.39, 0.29) is 22.2 Å². The van der Waals surface area contributed by atoms with Gasteiger partial charge in [0.05, 0.1) is 0 Å². The van der Waals surface area contributed by atoms with Gasteiger partial charge in [0.25, 0.3) is 5.56 Å². The van der Waals surface area contributed by atoms with E-state index >= 15 is 0 Å². The molecule has 0 fully saturated rings. The van der Waals surface area contributed by atoms with Crippen molar-refractivity contribution in [1.29, 1.82) is 10.7 Å². The van der Waals surface area contributed by atoms with Gasteiger partial charge in [-0.15, -0.1) is 0 Å². The highest BCUT2D eigenvalue weighted by molar-refractivity contribution is 6.30. The van der Waals surface area contributed by atoms with Crippen LogP contribution in [-0.2, 0) is 14.1 Å². The molecule has 1 N–H and O–H groups in total. The molecule has 0 spiro atoms. The van der Waals surface area contributed by atoms with Crippen molar-refractivity contribution in [1.82, 2.24) is 9.13 Å². The normalized spacial score (nSPS) is 10.8. The fourth-order valence-electron chi connectivity index (χ4n) is 2.56. The molecule has 120 valence electrons. The lowest BCUT2D eigenvalue weighted by Crippen LogP contribution is -2.37. The van der Waals surface area contributed by atoms with Crippen LogP contribution in [0, 0.1) is 16.7 Å². The highest BCUT2D eigenvalue weighted by Crippen LogP contribution is 2.28. The Hall–Kier alpha value is -3.11. The smallest absolute Gasteiger partial charge is 0.333 e. The van der Waals surface area contributed by atoms with Gasteiger partial charge >= 0.3 is 5.69 Å². The second-order valence-electron chi connectivity index (χ2n) is 5.19. The molecule has 0 saturated carbocycles. The van der Waals surface area contributed by atoms with E-state index in [4.69, 9.17) is 21.4 Å². The fourth-order valence-corrected chi connectivity index (χ4v) is 2.68. The second kappa shape index (κ2) is 5.51. The summed E-state index contributed by atoms with van der Waals surface area (Å²) in [6.07, 6.45) is 0. The number of hydrogen-bond acceptors (Lipinski definition) is 5. The van der Waals surface area contributed by atoms with Crippen molar-refractivity contribution in [3.05, 3.63) is 61.2 Å². The van der Waals surface area contributed by atoms with Crippen LogP contribution in [0.25, 0.3) is 22.2 Å². The minimum atomic E-state index is -0.599. The van der Waals surface area contributed by atoms with Gasteiger partial charge < -0.3 is 4.42 Å². The number of aryl methyl sites for hydroxylation is 1. The minimum Gasteiger partial charge on any atom is -0.421 e. The van der Waals surface area contributed by atoms with Gasteiger partial charge in [0.2, 0.25) is 11.3 Å². The maximum Gasteiger partial charge on any atom is 0.333 e. The first-order valence-corrected chi connectivity index (χ1v) is 7.22. The third-order valence-electron chi connectivity index (χ3n) is 3.78. The van der Waals surface area contributed by atoms with E-state index in [0.717, 1.165) is 9.13 Å². The molecular formula is C16H11ClN4O3. The predicted octanol–water partition coefficient (Wildman–Crippen LogP) is 1.50. The van der Waals surface area contributed by atoms with Gasteiger partial charge in [-0.3, -0.25) is 19.3 Å². The van der Waals surface area contributed by atoms with Gasteiger partial charge in [0.1, 0.15) is 17.0 Å². The van der Waals surface area contributed by atoms with Crippen LogP contribution in [0.1, 0.15) is 5.56 Å². The Bertz CT molecular complexity index is 1190. The van der Waals surface area contributed by atoms with E-state index in [1.54, 1.807) is 24.3 Å². The average Bonchev–Trinajstić information content (AvgIpc) is 2.57. The molecule has 0 unspecified atom stereocenters. The number of nitrogens with zero attached hydrogens (tertiary/aromatic N) is 3. The van der Waals surface area contributed by atoms with Gasteiger partial charge in [-0.05, 0) is 17.7 Å². The third-order valence-corrected chi connectivity index (χ3v) is 4.03. The zero-order valence-corrected chi connectivity index (χ0v) is 13.5. The van der Waals surface area contributed by atoms with E-state index in [9.17, 15) is 14.9 Å². The van der Waals surface area contributed by atoms with Crippen molar-refractivity contribution in [3.8, 4) is 17.2 Å². The number of benzene rings is 1. The molecule has 3 rings (SSSR count). The zero-order chi connectivity index (χ0) is 17.6. The number of hydrogen-bond donors (Lipinski definition) is 1. The van der Waals surface area contributed by atoms with E-state index in [1.807, 2.05) is 6.07 Å². The fraction of sp³-hybridized carbons (Fsp3) is 0.125. The third kappa shape index (κ3) is 2.16. The number of nitriles is 1. The average molecular weight is 343 g/mol. The lowest BCUT2D eigenvalue weighted by Gasteiger charge is -2.11. The predicted molar refractivity (Wildman–Crippen MR) is 87.7 cm³/mol. The van der Waals surface area contributed by atoms with Crippen molar-refractivity contribution in [3.63, 3.8) is 0 Å². The monoisotopic (exact) mass is 342 g/mol. The zero-order valence-electron chi connectivity index (χ0n) is 12.8. The van der Waals surface area contributed by atoms with Crippen LogP contribution in [0.15, 0.2) is 38.3 Å². The summed E-state index contributed by atoms with van der Waals surface area (Å²) in [5.41, 5.74) is -0.964. The van der Waals surface area contributed by atoms with Gasteiger partial charge in [-0.1, -0.05) is 23.7 Å². The van der Waals surface area contributed by atoms with Crippen LogP contribution in [0.4, 0.5) is 0 Å². The van der Waals surface area contributed by atoms with Crippen LogP contribution in [-0.4, -0.2) is 9.13 Å². The molecule has 1 aromatic carbocycles. The molecule has 0 radical (unpaired) electrons. The van der Waals surface area contributed by atoms with Gasteiger partial charge in [-0.25, -0.2) is 4.79 Å². The van der Waals surface area contributed by atoms with Crippen molar-refractivity contribution in [2.24, 2.45) is 14.1 Å². The molecule has 0 aliphatic rings. The minimum absolute atomic E-state index is 0.0583.